The van der Waals surface area contributed by atoms with Crippen LogP contribution in [0.3, 0.4) is 0 Å². The molecule has 1 aliphatic rings. The average molecular weight is 357 g/mol. The van der Waals surface area contributed by atoms with E-state index in [4.69, 9.17) is 11.6 Å². The highest BCUT2D eigenvalue weighted by Crippen LogP contribution is 2.29. The number of anilines is 1. The molecule has 25 heavy (non-hydrogen) atoms. The number of benzene rings is 2. The van der Waals surface area contributed by atoms with Gasteiger partial charge in [-0.1, -0.05) is 17.7 Å². The number of carbonyl (C=O) groups is 2. The maximum atomic E-state index is 12.9. The summed E-state index contributed by atoms with van der Waals surface area (Å²) >= 11 is 6.01. The van der Waals surface area contributed by atoms with Crippen LogP contribution in [0, 0.1) is 0 Å². The lowest BCUT2D eigenvalue weighted by Gasteiger charge is -2.30. The van der Waals surface area contributed by atoms with Crippen LogP contribution < -0.4 is 10.2 Å². The Morgan fingerprint density at radius 3 is 2.64 bits per heavy atom. The number of carbonyl (C=O) groups excluding carboxylic acids is 2. The van der Waals surface area contributed by atoms with Crippen molar-refractivity contribution in [2.75, 3.05) is 11.4 Å². The topological polar surface area (TPSA) is 49.4 Å². The van der Waals surface area contributed by atoms with E-state index in [0.29, 0.717) is 22.7 Å². The van der Waals surface area contributed by atoms with Crippen molar-refractivity contribution in [2.24, 2.45) is 0 Å². The Hall–Kier alpha value is -2.33. The summed E-state index contributed by atoms with van der Waals surface area (Å²) in [6.45, 7) is 4.53. The summed E-state index contributed by atoms with van der Waals surface area (Å²) in [5, 5.41) is 3.44. The number of hydrogen-bond acceptors (Lipinski definition) is 2. The molecule has 0 saturated heterocycles. The molecule has 0 spiro atoms. The fourth-order valence-electron chi connectivity index (χ4n) is 3.07. The smallest absolute Gasteiger partial charge is 0.258 e. The van der Waals surface area contributed by atoms with E-state index >= 15 is 0 Å². The average Bonchev–Trinajstić information content (AvgIpc) is 2.59. The normalized spacial score (nSPS) is 13.5. The molecule has 5 heteroatoms. The molecule has 0 saturated carbocycles. The van der Waals surface area contributed by atoms with Gasteiger partial charge in [-0.25, -0.2) is 0 Å². The largest absolute Gasteiger partial charge is 0.350 e. The molecule has 0 radical (unpaired) electrons. The van der Waals surface area contributed by atoms with Crippen molar-refractivity contribution in [3.63, 3.8) is 0 Å². The number of nitrogens with zero attached hydrogens (tertiary/aromatic N) is 1. The molecule has 1 N–H and O–H groups in total. The van der Waals surface area contributed by atoms with Crippen LogP contribution in [0.15, 0.2) is 42.5 Å². The van der Waals surface area contributed by atoms with E-state index in [2.05, 4.69) is 5.32 Å². The Kier molecular flexibility index (Phi) is 5.09. The first kappa shape index (κ1) is 17.5. The second-order valence-corrected chi connectivity index (χ2v) is 6.98. The summed E-state index contributed by atoms with van der Waals surface area (Å²) in [6, 6.07) is 12.6. The van der Waals surface area contributed by atoms with Gasteiger partial charge in [0.1, 0.15) is 0 Å². The third-order valence-electron chi connectivity index (χ3n) is 4.20. The van der Waals surface area contributed by atoms with Crippen LogP contribution in [0.2, 0.25) is 5.02 Å². The number of halogens is 1. The highest BCUT2D eigenvalue weighted by atomic mass is 35.5. The van der Waals surface area contributed by atoms with E-state index in [-0.39, 0.29) is 17.9 Å². The molecule has 0 unspecified atom stereocenters. The first-order chi connectivity index (χ1) is 12.0. The first-order valence-corrected chi connectivity index (χ1v) is 8.84. The van der Waals surface area contributed by atoms with Gasteiger partial charge in [-0.15, -0.1) is 0 Å². The van der Waals surface area contributed by atoms with Crippen molar-refractivity contribution in [1.82, 2.24) is 5.32 Å². The van der Waals surface area contributed by atoms with Crippen molar-refractivity contribution >= 4 is 29.1 Å². The van der Waals surface area contributed by atoms with E-state index in [1.165, 1.54) is 0 Å². The molecule has 4 nitrogen and oxygen atoms in total. The van der Waals surface area contributed by atoms with Crippen LogP contribution in [-0.4, -0.2) is 24.4 Å². The maximum absolute atomic E-state index is 12.9. The number of aryl methyl sites for hydroxylation is 1. The van der Waals surface area contributed by atoms with Gasteiger partial charge in [0, 0.05) is 34.4 Å². The molecule has 0 aromatic heterocycles. The number of rotatable bonds is 3. The Labute approximate surface area is 152 Å². The predicted molar refractivity (Wildman–Crippen MR) is 100 cm³/mol. The molecule has 1 aliphatic heterocycles. The third-order valence-corrected chi connectivity index (χ3v) is 4.43. The third kappa shape index (κ3) is 3.85. The molecule has 0 bridgehead atoms. The van der Waals surface area contributed by atoms with Crippen LogP contribution in [0.4, 0.5) is 5.69 Å². The van der Waals surface area contributed by atoms with E-state index in [0.717, 1.165) is 24.1 Å². The molecule has 2 aromatic carbocycles. The quantitative estimate of drug-likeness (QED) is 0.901. The molecule has 0 aliphatic carbocycles. The molecule has 3 rings (SSSR count). The van der Waals surface area contributed by atoms with Crippen LogP contribution in [-0.2, 0) is 6.42 Å². The van der Waals surface area contributed by atoms with Crippen molar-refractivity contribution in [3.8, 4) is 0 Å². The van der Waals surface area contributed by atoms with Crippen LogP contribution in [0.25, 0.3) is 0 Å². The summed E-state index contributed by atoms with van der Waals surface area (Å²) in [5.41, 5.74) is 3.10. The summed E-state index contributed by atoms with van der Waals surface area (Å²) in [4.78, 5) is 26.8. The number of fused-ring (bicyclic) bond motifs is 1. The molecule has 2 amide bonds. The SMILES string of the molecule is CC(C)NC(=O)c1ccc2c(c1)CCCN2C(=O)c1cccc(Cl)c1. The minimum atomic E-state index is -0.0870. The van der Waals surface area contributed by atoms with Gasteiger partial charge < -0.3 is 10.2 Å². The van der Waals surface area contributed by atoms with Gasteiger partial charge in [0.05, 0.1) is 0 Å². The number of amides is 2. The van der Waals surface area contributed by atoms with E-state index in [9.17, 15) is 9.59 Å². The van der Waals surface area contributed by atoms with Gasteiger partial charge in [-0.05, 0) is 68.7 Å². The van der Waals surface area contributed by atoms with Gasteiger partial charge in [0.15, 0.2) is 0 Å². The summed E-state index contributed by atoms with van der Waals surface area (Å²) < 4.78 is 0. The number of hydrogen-bond donors (Lipinski definition) is 1. The first-order valence-electron chi connectivity index (χ1n) is 8.47. The second kappa shape index (κ2) is 7.28. The Morgan fingerprint density at radius 2 is 1.92 bits per heavy atom. The zero-order valence-electron chi connectivity index (χ0n) is 14.4. The molecule has 0 atom stereocenters. The highest BCUT2D eigenvalue weighted by Gasteiger charge is 2.24. The van der Waals surface area contributed by atoms with E-state index in [1.807, 2.05) is 26.0 Å². The summed E-state index contributed by atoms with van der Waals surface area (Å²) in [7, 11) is 0. The van der Waals surface area contributed by atoms with Gasteiger partial charge in [0.2, 0.25) is 0 Å². The van der Waals surface area contributed by atoms with Crippen molar-refractivity contribution in [2.45, 2.75) is 32.7 Å². The lowest BCUT2D eigenvalue weighted by atomic mass is 9.98. The Morgan fingerprint density at radius 1 is 1.12 bits per heavy atom. The fourth-order valence-corrected chi connectivity index (χ4v) is 3.26. The molecular formula is C20H21ClN2O2. The van der Waals surface area contributed by atoms with Crippen molar-refractivity contribution in [1.29, 1.82) is 0 Å². The predicted octanol–water partition coefficient (Wildman–Crippen LogP) is 4.07. The van der Waals surface area contributed by atoms with Crippen LogP contribution >= 0.6 is 11.6 Å². The van der Waals surface area contributed by atoms with E-state index < -0.39 is 0 Å². The maximum Gasteiger partial charge on any atom is 0.258 e. The van der Waals surface area contributed by atoms with Gasteiger partial charge >= 0.3 is 0 Å². The minimum Gasteiger partial charge on any atom is -0.350 e. The fraction of sp³-hybridized carbons (Fsp3) is 0.300. The lowest BCUT2D eigenvalue weighted by molar-refractivity contribution is 0.0942. The minimum absolute atomic E-state index is 0.0668. The lowest BCUT2D eigenvalue weighted by Crippen LogP contribution is -2.36. The van der Waals surface area contributed by atoms with E-state index in [1.54, 1.807) is 35.2 Å². The molecule has 0 fully saturated rings. The molecular weight excluding hydrogens is 336 g/mol. The Bertz CT molecular complexity index is 817. The van der Waals surface area contributed by atoms with Crippen molar-refractivity contribution in [3.05, 3.63) is 64.2 Å². The molecule has 1 heterocycles. The summed E-state index contributed by atoms with van der Waals surface area (Å²) in [6.07, 6.45) is 1.73. The van der Waals surface area contributed by atoms with Crippen LogP contribution in [0.5, 0.6) is 0 Å². The molecule has 130 valence electrons. The monoisotopic (exact) mass is 356 g/mol. The molecule has 2 aromatic rings. The van der Waals surface area contributed by atoms with Crippen LogP contribution in [0.1, 0.15) is 46.5 Å². The standard InChI is InChI=1S/C20H21ClN2O2/c1-13(2)22-19(24)15-8-9-18-14(11-15)6-4-10-23(18)20(25)16-5-3-7-17(21)12-16/h3,5,7-9,11-13H,4,6,10H2,1-2H3,(H,22,24). The van der Waals surface area contributed by atoms with Gasteiger partial charge in [-0.3, -0.25) is 9.59 Å². The highest BCUT2D eigenvalue weighted by molar-refractivity contribution is 6.31. The number of nitrogens with one attached hydrogen (secondary N) is 1. The van der Waals surface area contributed by atoms with Crippen molar-refractivity contribution < 1.29 is 9.59 Å². The Balaban J connectivity index is 1.89. The summed E-state index contributed by atoms with van der Waals surface area (Å²) in [5.74, 6) is -0.154. The zero-order valence-corrected chi connectivity index (χ0v) is 15.1. The zero-order chi connectivity index (χ0) is 18.0. The van der Waals surface area contributed by atoms with Gasteiger partial charge in [-0.2, -0.15) is 0 Å². The second-order valence-electron chi connectivity index (χ2n) is 6.54. The van der Waals surface area contributed by atoms with Gasteiger partial charge in [0.25, 0.3) is 11.8 Å².